The van der Waals surface area contributed by atoms with Crippen LogP contribution in [0.4, 0.5) is 0 Å². The van der Waals surface area contributed by atoms with Crippen LogP contribution in [0.5, 0.6) is 0 Å². The van der Waals surface area contributed by atoms with Gasteiger partial charge in [0.05, 0.1) is 18.1 Å². The van der Waals surface area contributed by atoms with Crippen LogP contribution in [0.25, 0.3) is 0 Å². The lowest BCUT2D eigenvalue weighted by atomic mass is 9.75. The smallest absolute Gasteiger partial charge is 0.226 e. The molecule has 0 aliphatic carbocycles. The van der Waals surface area contributed by atoms with Gasteiger partial charge in [0, 0.05) is 0 Å². The fourth-order valence-corrected chi connectivity index (χ4v) is 2.88. The van der Waals surface area contributed by atoms with Crippen LogP contribution in [0.1, 0.15) is 37.8 Å². The second kappa shape index (κ2) is 6.86. The average Bonchev–Trinajstić information content (AvgIpc) is 2.53. The molecule has 1 aromatic carbocycles. The van der Waals surface area contributed by atoms with Crippen LogP contribution in [0.2, 0.25) is 0 Å². The molecule has 0 saturated carbocycles. The second-order valence-electron chi connectivity index (χ2n) is 5.50. The lowest BCUT2D eigenvalue weighted by Crippen LogP contribution is -2.48. The van der Waals surface area contributed by atoms with Gasteiger partial charge in [-0.05, 0) is 37.9 Å². The lowest BCUT2D eigenvalue weighted by molar-refractivity contribution is -0.134. The van der Waals surface area contributed by atoms with Crippen LogP contribution in [0.3, 0.4) is 0 Å². The number of carbonyl (C=O) groups excluding carboxylic acids is 1. The van der Waals surface area contributed by atoms with E-state index in [1.165, 1.54) is 0 Å². The van der Waals surface area contributed by atoms with Gasteiger partial charge in [0.2, 0.25) is 5.91 Å². The number of benzene rings is 1. The third-order valence-corrected chi connectivity index (χ3v) is 4.41. The summed E-state index contributed by atoms with van der Waals surface area (Å²) in [6.45, 7) is 3.77. The summed E-state index contributed by atoms with van der Waals surface area (Å²) in [5.41, 5.74) is 0.663. The van der Waals surface area contributed by atoms with Crippen molar-refractivity contribution in [3.05, 3.63) is 35.9 Å². The third-order valence-electron chi connectivity index (χ3n) is 4.41. The Kier molecular flexibility index (Phi) is 5.15. The van der Waals surface area contributed by atoms with Crippen LogP contribution in [0, 0.1) is 5.41 Å². The highest BCUT2D eigenvalue weighted by atomic mass is 16.3. The molecule has 4 heteroatoms. The second-order valence-corrected chi connectivity index (χ2v) is 5.50. The van der Waals surface area contributed by atoms with Gasteiger partial charge < -0.3 is 15.7 Å². The number of aliphatic hydroxyl groups is 1. The Hall–Kier alpha value is -1.39. The number of amides is 1. The number of rotatable bonds is 5. The SMILES string of the molecule is CCC1(C(=O)N[C@H](CO)c2ccccc2)CCNCC1. The maximum atomic E-state index is 12.6. The van der Waals surface area contributed by atoms with E-state index in [9.17, 15) is 9.90 Å². The first kappa shape index (κ1) is 15.0. The predicted molar refractivity (Wildman–Crippen MR) is 79.2 cm³/mol. The van der Waals surface area contributed by atoms with Gasteiger partial charge in [-0.25, -0.2) is 0 Å². The van der Waals surface area contributed by atoms with Crippen LogP contribution in [0.15, 0.2) is 30.3 Å². The summed E-state index contributed by atoms with van der Waals surface area (Å²) < 4.78 is 0. The van der Waals surface area contributed by atoms with Gasteiger partial charge in [-0.15, -0.1) is 0 Å². The van der Waals surface area contributed by atoms with Crippen molar-refractivity contribution in [1.82, 2.24) is 10.6 Å². The quantitative estimate of drug-likeness (QED) is 0.766. The molecule has 1 aromatic rings. The minimum Gasteiger partial charge on any atom is -0.394 e. The Morgan fingerprint density at radius 3 is 2.55 bits per heavy atom. The van der Waals surface area contributed by atoms with Gasteiger partial charge >= 0.3 is 0 Å². The van der Waals surface area contributed by atoms with Crippen LogP contribution in [-0.2, 0) is 4.79 Å². The fraction of sp³-hybridized carbons (Fsp3) is 0.562. The van der Waals surface area contributed by atoms with E-state index in [1.807, 2.05) is 30.3 Å². The van der Waals surface area contributed by atoms with Crippen molar-refractivity contribution in [3.8, 4) is 0 Å². The molecule has 1 aliphatic rings. The summed E-state index contributed by atoms with van der Waals surface area (Å²) in [6.07, 6.45) is 2.57. The molecule has 4 nitrogen and oxygen atoms in total. The minimum absolute atomic E-state index is 0.0735. The summed E-state index contributed by atoms with van der Waals surface area (Å²) in [4.78, 5) is 12.6. The molecule has 0 unspecified atom stereocenters. The van der Waals surface area contributed by atoms with Gasteiger partial charge in [0.1, 0.15) is 0 Å². The van der Waals surface area contributed by atoms with Crippen molar-refractivity contribution in [3.63, 3.8) is 0 Å². The molecular formula is C16H24N2O2. The van der Waals surface area contributed by atoms with Gasteiger partial charge in [0.15, 0.2) is 0 Å². The van der Waals surface area contributed by atoms with E-state index in [-0.39, 0.29) is 24.0 Å². The van der Waals surface area contributed by atoms with Gasteiger partial charge in [0.25, 0.3) is 0 Å². The lowest BCUT2D eigenvalue weighted by Gasteiger charge is -2.36. The molecule has 1 aliphatic heterocycles. The van der Waals surface area contributed by atoms with Crippen LogP contribution < -0.4 is 10.6 Å². The molecule has 2 rings (SSSR count). The third kappa shape index (κ3) is 3.19. The largest absolute Gasteiger partial charge is 0.394 e. The van der Waals surface area contributed by atoms with Crippen LogP contribution >= 0.6 is 0 Å². The number of carbonyl (C=O) groups is 1. The van der Waals surface area contributed by atoms with Crippen molar-refractivity contribution in [2.24, 2.45) is 5.41 Å². The topological polar surface area (TPSA) is 61.4 Å². The van der Waals surface area contributed by atoms with Crippen molar-refractivity contribution in [1.29, 1.82) is 0 Å². The summed E-state index contributed by atoms with van der Waals surface area (Å²) >= 11 is 0. The zero-order valence-electron chi connectivity index (χ0n) is 12.1. The number of hydrogen-bond acceptors (Lipinski definition) is 3. The molecule has 20 heavy (non-hydrogen) atoms. The zero-order chi connectivity index (χ0) is 14.4. The van der Waals surface area contributed by atoms with Crippen molar-refractivity contribution < 1.29 is 9.90 Å². The van der Waals surface area contributed by atoms with Crippen molar-refractivity contribution in [2.45, 2.75) is 32.2 Å². The van der Waals surface area contributed by atoms with E-state index < -0.39 is 0 Å². The number of nitrogens with one attached hydrogen (secondary N) is 2. The maximum Gasteiger partial charge on any atom is 0.226 e. The average molecular weight is 276 g/mol. The van der Waals surface area contributed by atoms with E-state index in [0.717, 1.165) is 37.9 Å². The molecule has 110 valence electrons. The van der Waals surface area contributed by atoms with Gasteiger partial charge in [-0.2, -0.15) is 0 Å². The highest BCUT2D eigenvalue weighted by Crippen LogP contribution is 2.33. The van der Waals surface area contributed by atoms with Crippen LogP contribution in [-0.4, -0.2) is 30.7 Å². The number of piperidine rings is 1. The van der Waals surface area contributed by atoms with E-state index in [0.29, 0.717) is 0 Å². The van der Waals surface area contributed by atoms with Crippen molar-refractivity contribution >= 4 is 5.91 Å². The molecule has 1 saturated heterocycles. The molecule has 1 heterocycles. The standard InChI is InChI=1S/C16H24N2O2/c1-2-16(8-10-17-11-9-16)15(20)18-14(12-19)13-6-4-3-5-7-13/h3-7,14,17,19H,2,8-12H2,1H3,(H,18,20)/t14-/m1/s1. The monoisotopic (exact) mass is 276 g/mol. The normalized spacial score (nSPS) is 19.3. The van der Waals surface area contributed by atoms with E-state index in [4.69, 9.17) is 0 Å². The molecule has 0 spiro atoms. The number of aliphatic hydroxyl groups excluding tert-OH is 1. The molecule has 0 radical (unpaired) electrons. The molecular weight excluding hydrogens is 252 g/mol. The van der Waals surface area contributed by atoms with Gasteiger partial charge in [-0.1, -0.05) is 37.3 Å². The molecule has 1 fully saturated rings. The first-order chi connectivity index (χ1) is 9.72. The maximum absolute atomic E-state index is 12.6. The summed E-state index contributed by atoms with van der Waals surface area (Å²) in [5.74, 6) is 0.0735. The minimum atomic E-state index is -0.318. The molecule has 3 N–H and O–H groups in total. The Morgan fingerprint density at radius 1 is 1.35 bits per heavy atom. The summed E-state index contributed by atoms with van der Waals surface area (Å²) in [7, 11) is 0. The Labute approximate surface area is 120 Å². The van der Waals surface area contributed by atoms with E-state index in [2.05, 4.69) is 17.6 Å². The Bertz CT molecular complexity index is 427. The highest BCUT2D eigenvalue weighted by molar-refractivity contribution is 5.83. The van der Waals surface area contributed by atoms with E-state index in [1.54, 1.807) is 0 Å². The fourth-order valence-electron chi connectivity index (χ4n) is 2.88. The predicted octanol–water partition coefficient (Wildman–Crippen LogP) is 1.62. The van der Waals surface area contributed by atoms with E-state index >= 15 is 0 Å². The molecule has 0 bridgehead atoms. The first-order valence-corrected chi connectivity index (χ1v) is 7.39. The molecule has 1 atom stereocenters. The van der Waals surface area contributed by atoms with Crippen molar-refractivity contribution in [2.75, 3.05) is 19.7 Å². The molecule has 0 aromatic heterocycles. The summed E-state index contributed by atoms with van der Waals surface area (Å²) in [6, 6.07) is 9.32. The molecule has 1 amide bonds. The Morgan fingerprint density at radius 2 is 2.00 bits per heavy atom. The summed E-state index contributed by atoms with van der Waals surface area (Å²) in [5, 5.41) is 15.9. The zero-order valence-corrected chi connectivity index (χ0v) is 12.1. The first-order valence-electron chi connectivity index (χ1n) is 7.39. The highest BCUT2D eigenvalue weighted by Gasteiger charge is 2.38. The number of hydrogen-bond donors (Lipinski definition) is 3. The van der Waals surface area contributed by atoms with Gasteiger partial charge in [-0.3, -0.25) is 4.79 Å². The Balaban J connectivity index is 2.08.